The first-order valence-electron chi connectivity index (χ1n) is 5.24. The normalized spacial score (nSPS) is 10.1. The Kier molecular flexibility index (Phi) is 3.78. The summed E-state index contributed by atoms with van der Waals surface area (Å²) in [6.07, 6.45) is -0.476. The molecule has 2 rings (SSSR count). The minimum Gasteiger partial charge on any atom is -0.508 e. The summed E-state index contributed by atoms with van der Waals surface area (Å²) in [5.74, 6) is 0.224. The third kappa shape index (κ3) is 2.98. The van der Waals surface area contributed by atoms with E-state index in [0.717, 1.165) is 16.3 Å². The summed E-state index contributed by atoms with van der Waals surface area (Å²) in [6.45, 7) is 0.343. The van der Waals surface area contributed by atoms with E-state index in [1.165, 1.54) is 18.4 Å². The fourth-order valence-electron chi connectivity index (χ4n) is 1.38. The molecule has 1 amide bonds. The molecule has 0 aliphatic rings. The molecule has 94 valence electrons. The minimum atomic E-state index is -0.476. The predicted molar refractivity (Wildman–Crippen MR) is 68.5 cm³/mol. The highest BCUT2D eigenvalue weighted by Crippen LogP contribution is 2.23. The monoisotopic (exact) mass is 264 g/mol. The SMILES string of the molecule is COC(=O)NCc1nc(-c2ccc(O)cc2)cs1. The lowest BCUT2D eigenvalue weighted by Gasteiger charge is -2.00. The van der Waals surface area contributed by atoms with Crippen LogP contribution >= 0.6 is 11.3 Å². The van der Waals surface area contributed by atoms with E-state index in [9.17, 15) is 9.90 Å². The van der Waals surface area contributed by atoms with Gasteiger partial charge in [-0.1, -0.05) is 0 Å². The number of amides is 1. The van der Waals surface area contributed by atoms with Gasteiger partial charge < -0.3 is 15.2 Å². The van der Waals surface area contributed by atoms with Crippen LogP contribution in [0.4, 0.5) is 4.79 Å². The van der Waals surface area contributed by atoms with E-state index in [2.05, 4.69) is 15.0 Å². The molecule has 0 bridgehead atoms. The molecule has 1 aromatic heterocycles. The van der Waals surface area contributed by atoms with Crippen LogP contribution in [0.15, 0.2) is 29.6 Å². The van der Waals surface area contributed by atoms with E-state index in [0.29, 0.717) is 6.54 Å². The average Bonchev–Trinajstić information content (AvgIpc) is 2.85. The zero-order valence-electron chi connectivity index (χ0n) is 9.71. The van der Waals surface area contributed by atoms with Gasteiger partial charge >= 0.3 is 6.09 Å². The molecule has 18 heavy (non-hydrogen) atoms. The van der Waals surface area contributed by atoms with Gasteiger partial charge in [0.1, 0.15) is 10.8 Å². The Morgan fingerprint density at radius 1 is 1.44 bits per heavy atom. The molecule has 0 saturated carbocycles. The third-order valence-corrected chi connectivity index (χ3v) is 3.13. The van der Waals surface area contributed by atoms with Gasteiger partial charge in [0.25, 0.3) is 0 Å². The van der Waals surface area contributed by atoms with Gasteiger partial charge in [0.15, 0.2) is 0 Å². The maximum atomic E-state index is 10.9. The van der Waals surface area contributed by atoms with Gasteiger partial charge in [-0.25, -0.2) is 9.78 Å². The van der Waals surface area contributed by atoms with E-state index < -0.39 is 6.09 Å². The second-order valence-electron chi connectivity index (χ2n) is 3.52. The molecule has 0 atom stereocenters. The number of aromatic nitrogens is 1. The van der Waals surface area contributed by atoms with Crippen molar-refractivity contribution in [2.45, 2.75) is 6.54 Å². The lowest BCUT2D eigenvalue weighted by molar-refractivity contribution is 0.170. The maximum Gasteiger partial charge on any atom is 0.407 e. The summed E-state index contributed by atoms with van der Waals surface area (Å²) >= 11 is 1.46. The van der Waals surface area contributed by atoms with Crippen LogP contribution in [0.3, 0.4) is 0 Å². The molecule has 2 N–H and O–H groups in total. The highest BCUT2D eigenvalue weighted by Gasteiger charge is 2.06. The standard InChI is InChI=1S/C12H12N2O3S/c1-17-12(16)13-6-11-14-10(7-18-11)8-2-4-9(15)5-3-8/h2-5,7,15H,6H2,1H3,(H,13,16). The first-order chi connectivity index (χ1) is 8.69. The largest absolute Gasteiger partial charge is 0.508 e. The summed E-state index contributed by atoms with van der Waals surface area (Å²) in [4.78, 5) is 15.3. The van der Waals surface area contributed by atoms with E-state index in [-0.39, 0.29) is 5.75 Å². The zero-order chi connectivity index (χ0) is 13.0. The van der Waals surface area contributed by atoms with Crippen molar-refractivity contribution < 1.29 is 14.6 Å². The summed E-state index contributed by atoms with van der Waals surface area (Å²) in [5, 5.41) is 14.5. The molecule has 0 aliphatic carbocycles. The fraction of sp³-hybridized carbons (Fsp3) is 0.167. The average molecular weight is 264 g/mol. The van der Waals surface area contributed by atoms with E-state index in [4.69, 9.17) is 0 Å². The molecule has 2 aromatic rings. The number of carbonyl (C=O) groups excluding carboxylic acids is 1. The van der Waals surface area contributed by atoms with Crippen LogP contribution in [0.5, 0.6) is 5.75 Å². The Morgan fingerprint density at radius 3 is 2.83 bits per heavy atom. The smallest absolute Gasteiger partial charge is 0.407 e. The number of aromatic hydroxyl groups is 1. The quantitative estimate of drug-likeness (QED) is 0.892. The van der Waals surface area contributed by atoms with Crippen molar-refractivity contribution in [3.63, 3.8) is 0 Å². The Bertz CT molecular complexity index is 537. The Balaban J connectivity index is 2.06. The highest BCUT2D eigenvalue weighted by molar-refractivity contribution is 7.09. The number of thiazole rings is 1. The Labute approximate surface area is 108 Å². The molecule has 0 spiro atoms. The highest BCUT2D eigenvalue weighted by atomic mass is 32.1. The minimum absolute atomic E-state index is 0.224. The lowest BCUT2D eigenvalue weighted by Crippen LogP contribution is -2.22. The molecular formula is C12H12N2O3S. The molecular weight excluding hydrogens is 252 g/mol. The van der Waals surface area contributed by atoms with Gasteiger partial charge in [-0.2, -0.15) is 0 Å². The van der Waals surface area contributed by atoms with Crippen LogP contribution in [-0.4, -0.2) is 23.3 Å². The molecule has 6 heteroatoms. The Morgan fingerprint density at radius 2 is 2.17 bits per heavy atom. The lowest BCUT2D eigenvalue weighted by atomic mass is 10.2. The number of carbonyl (C=O) groups is 1. The molecule has 1 heterocycles. The molecule has 0 fully saturated rings. The van der Waals surface area contributed by atoms with E-state index in [1.54, 1.807) is 24.3 Å². The van der Waals surface area contributed by atoms with Crippen molar-refractivity contribution in [3.05, 3.63) is 34.7 Å². The van der Waals surface area contributed by atoms with Crippen LogP contribution < -0.4 is 5.32 Å². The van der Waals surface area contributed by atoms with E-state index in [1.807, 2.05) is 5.38 Å². The zero-order valence-corrected chi connectivity index (χ0v) is 10.5. The molecule has 0 aliphatic heterocycles. The van der Waals surface area contributed by atoms with Crippen LogP contribution in [-0.2, 0) is 11.3 Å². The molecule has 5 nitrogen and oxygen atoms in total. The fourth-order valence-corrected chi connectivity index (χ4v) is 2.12. The second-order valence-corrected chi connectivity index (χ2v) is 4.46. The van der Waals surface area contributed by atoms with Gasteiger partial charge in [0.2, 0.25) is 0 Å². The van der Waals surface area contributed by atoms with Crippen molar-refractivity contribution in [3.8, 4) is 17.0 Å². The number of phenolic OH excluding ortho intramolecular Hbond substituents is 1. The number of nitrogens with one attached hydrogen (secondary N) is 1. The first kappa shape index (κ1) is 12.4. The van der Waals surface area contributed by atoms with Crippen molar-refractivity contribution in [2.75, 3.05) is 7.11 Å². The molecule has 0 saturated heterocycles. The number of rotatable bonds is 3. The van der Waals surface area contributed by atoms with Gasteiger partial charge in [-0.3, -0.25) is 0 Å². The number of phenols is 1. The molecule has 0 radical (unpaired) electrons. The number of hydrogen-bond donors (Lipinski definition) is 2. The molecule has 0 unspecified atom stereocenters. The topological polar surface area (TPSA) is 71.5 Å². The maximum absolute atomic E-state index is 10.9. The van der Waals surface area contributed by atoms with Gasteiger partial charge in [0.05, 0.1) is 19.3 Å². The summed E-state index contributed by atoms with van der Waals surface area (Å²) in [5.41, 5.74) is 1.75. The van der Waals surface area contributed by atoms with E-state index >= 15 is 0 Å². The third-order valence-electron chi connectivity index (χ3n) is 2.28. The summed E-state index contributed by atoms with van der Waals surface area (Å²) in [7, 11) is 1.32. The summed E-state index contributed by atoms with van der Waals surface area (Å²) in [6, 6.07) is 6.81. The summed E-state index contributed by atoms with van der Waals surface area (Å²) < 4.78 is 4.48. The number of ether oxygens (including phenoxy) is 1. The van der Waals surface area contributed by atoms with Crippen molar-refractivity contribution in [2.24, 2.45) is 0 Å². The number of methoxy groups -OCH3 is 1. The van der Waals surface area contributed by atoms with Crippen molar-refractivity contribution in [1.29, 1.82) is 0 Å². The number of benzene rings is 1. The van der Waals surface area contributed by atoms with Gasteiger partial charge in [-0.15, -0.1) is 11.3 Å². The van der Waals surface area contributed by atoms with Crippen molar-refractivity contribution in [1.82, 2.24) is 10.3 Å². The first-order valence-corrected chi connectivity index (χ1v) is 6.12. The van der Waals surface area contributed by atoms with Gasteiger partial charge in [0, 0.05) is 10.9 Å². The van der Waals surface area contributed by atoms with Crippen LogP contribution in [0.2, 0.25) is 0 Å². The van der Waals surface area contributed by atoms with Crippen molar-refractivity contribution >= 4 is 17.4 Å². The second kappa shape index (κ2) is 5.50. The van der Waals surface area contributed by atoms with Gasteiger partial charge in [-0.05, 0) is 24.3 Å². The molecule has 1 aromatic carbocycles. The van der Waals surface area contributed by atoms with Crippen LogP contribution in [0.25, 0.3) is 11.3 Å². The predicted octanol–water partition coefficient (Wildman–Crippen LogP) is 2.37. The number of alkyl carbamates (subject to hydrolysis) is 1. The number of hydrogen-bond acceptors (Lipinski definition) is 5. The van der Waals surface area contributed by atoms with Crippen LogP contribution in [0, 0.1) is 0 Å². The number of nitrogens with zero attached hydrogens (tertiary/aromatic N) is 1. The Hall–Kier alpha value is -2.08. The van der Waals surface area contributed by atoms with Crippen LogP contribution in [0.1, 0.15) is 5.01 Å².